The van der Waals surface area contributed by atoms with E-state index < -0.39 is 12.1 Å². The third kappa shape index (κ3) is 9.68. The molecule has 112 valence electrons. The molecule has 0 aliphatic rings. The minimum Gasteiger partial charge on any atom is -0.462 e. The second kappa shape index (κ2) is 12.2. The zero-order valence-electron chi connectivity index (χ0n) is 12.1. The molecule has 0 radical (unpaired) electrons. The Kier molecular flexibility index (Phi) is 11.6. The van der Waals surface area contributed by atoms with E-state index in [0.717, 1.165) is 44.9 Å². The Hall–Kier alpha value is -0.870. The van der Waals surface area contributed by atoms with Crippen LogP contribution in [0.25, 0.3) is 0 Å². The molecule has 0 saturated heterocycles. The van der Waals surface area contributed by atoms with Crippen molar-refractivity contribution >= 4 is 5.97 Å². The fraction of sp³-hybridized carbons (Fsp3) is 0.800. The first-order chi connectivity index (χ1) is 9.13. The van der Waals surface area contributed by atoms with Crippen molar-refractivity contribution in [2.45, 2.75) is 64.4 Å². The molecule has 0 saturated carbocycles. The lowest BCUT2D eigenvalue weighted by Gasteiger charge is -2.13. The first-order valence-corrected chi connectivity index (χ1v) is 7.28. The second-order valence-electron chi connectivity index (χ2n) is 4.81. The smallest absolute Gasteiger partial charge is 0.336 e. The van der Waals surface area contributed by atoms with Crippen LogP contribution in [0.2, 0.25) is 0 Å². The summed E-state index contributed by atoms with van der Waals surface area (Å²) in [5.74, 6) is -0.494. The van der Waals surface area contributed by atoms with E-state index in [1.54, 1.807) is 0 Å². The molecule has 0 aliphatic heterocycles. The average Bonchev–Trinajstić information content (AvgIpc) is 2.42. The number of ether oxygens (including phenoxy) is 1. The van der Waals surface area contributed by atoms with E-state index in [2.05, 4.69) is 13.5 Å². The lowest BCUT2D eigenvalue weighted by Crippen LogP contribution is -2.19. The second-order valence-corrected chi connectivity index (χ2v) is 4.81. The highest BCUT2D eigenvalue weighted by atomic mass is 16.5. The summed E-state index contributed by atoms with van der Waals surface area (Å²) in [4.78, 5) is 11.6. The number of carbonyl (C=O) groups is 1. The average molecular weight is 272 g/mol. The van der Waals surface area contributed by atoms with E-state index in [9.17, 15) is 9.90 Å². The third-order valence-electron chi connectivity index (χ3n) is 3.03. The molecule has 0 fully saturated rings. The molecule has 0 spiro atoms. The summed E-state index contributed by atoms with van der Waals surface area (Å²) < 4.78 is 5.06. The highest BCUT2D eigenvalue weighted by Gasteiger charge is 2.17. The van der Waals surface area contributed by atoms with Crippen LogP contribution in [-0.4, -0.2) is 35.5 Å². The molecular weight excluding hydrogens is 244 g/mol. The lowest BCUT2D eigenvalue weighted by atomic mass is 10.0. The molecule has 0 bridgehead atoms. The number of esters is 1. The number of rotatable bonds is 12. The van der Waals surface area contributed by atoms with E-state index >= 15 is 0 Å². The summed E-state index contributed by atoms with van der Waals surface area (Å²) >= 11 is 0. The van der Waals surface area contributed by atoms with Crippen molar-refractivity contribution in [2.24, 2.45) is 0 Å². The molecule has 2 N–H and O–H groups in total. The molecule has 4 nitrogen and oxygen atoms in total. The van der Waals surface area contributed by atoms with Gasteiger partial charge in [-0.15, -0.1) is 0 Å². The molecule has 0 amide bonds. The van der Waals surface area contributed by atoms with Crippen LogP contribution in [0.5, 0.6) is 0 Å². The van der Waals surface area contributed by atoms with E-state index in [1.165, 1.54) is 0 Å². The molecule has 0 aliphatic carbocycles. The van der Waals surface area contributed by atoms with Gasteiger partial charge in [-0.25, -0.2) is 4.79 Å². The SMILES string of the molecule is C=C(C(=O)OCCCCCC)C(O)CCCCCO. The van der Waals surface area contributed by atoms with Gasteiger partial charge >= 0.3 is 5.97 Å². The predicted molar refractivity (Wildman–Crippen MR) is 75.8 cm³/mol. The number of hydrogen-bond donors (Lipinski definition) is 2. The monoisotopic (exact) mass is 272 g/mol. The van der Waals surface area contributed by atoms with Gasteiger partial charge in [0, 0.05) is 6.61 Å². The van der Waals surface area contributed by atoms with Crippen molar-refractivity contribution in [1.29, 1.82) is 0 Å². The quantitative estimate of drug-likeness (QED) is 0.325. The maximum Gasteiger partial charge on any atom is 0.336 e. The molecule has 1 atom stereocenters. The number of hydrogen-bond acceptors (Lipinski definition) is 4. The van der Waals surface area contributed by atoms with Gasteiger partial charge in [-0.2, -0.15) is 0 Å². The number of carbonyl (C=O) groups excluding carboxylic acids is 1. The van der Waals surface area contributed by atoms with Crippen LogP contribution in [0.4, 0.5) is 0 Å². The maximum atomic E-state index is 11.6. The first kappa shape index (κ1) is 18.1. The van der Waals surface area contributed by atoms with Crippen LogP contribution in [0.3, 0.4) is 0 Å². The molecule has 0 rings (SSSR count). The molecule has 0 heterocycles. The van der Waals surface area contributed by atoms with E-state index in [4.69, 9.17) is 9.84 Å². The summed E-state index contributed by atoms with van der Waals surface area (Å²) in [6.07, 6.45) is 6.20. The maximum absolute atomic E-state index is 11.6. The normalized spacial score (nSPS) is 12.2. The number of aliphatic hydroxyl groups excluding tert-OH is 2. The largest absolute Gasteiger partial charge is 0.462 e. The molecule has 1 unspecified atom stereocenters. The van der Waals surface area contributed by atoms with Crippen molar-refractivity contribution in [3.05, 3.63) is 12.2 Å². The number of aliphatic hydroxyl groups is 2. The van der Waals surface area contributed by atoms with Gasteiger partial charge in [-0.1, -0.05) is 45.6 Å². The van der Waals surface area contributed by atoms with Crippen LogP contribution in [-0.2, 0) is 9.53 Å². The molecular formula is C15H28O4. The zero-order valence-corrected chi connectivity index (χ0v) is 12.1. The van der Waals surface area contributed by atoms with Gasteiger partial charge in [0.1, 0.15) is 0 Å². The third-order valence-corrected chi connectivity index (χ3v) is 3.03. The van der Waals surface area contributed by atoms with Gasteiger partial charge in [0.05, 0.1) is 18.3 Å². The van der Waals surface area contributed by atoms with Crippen LogP contribution in [0.1, 0.15) is 58.3 Å². The fourth-order valence-corrected chi connectivity index (χ4v) is 1.72. The first-order valence-electron chi connectivity index (χ1n) is 7.28. The Bertz CT molecular complexity index is 251. The fourth-order valence-electron chi connectivity index (χ4n) is 1.72. The van der Waals surface area contributed by atoms with Crippen molar-refractivity contribution in [2.75, 3.05) is 13.2 Å². The van der Waals surface area contributed by atoms with Gasteiger partial charge in [-0.3, -0.25) is 0 Å². The Morgan fingerprint density at radius 3 is 2.47 bits per heavy atom. The molecule has 19 heavy (non-hydrogen) atoms. The Morgan fingerprint density at radius 1 is 1.16 bits per heavy atom. The summed E-state index contributed by atoms with van der Waals surface area (Å²) in [6.45, 7) is 6.28. The van der Waals surface area contributed by atoms with Crippen LogP contribution < -0.4 is 0 Å². The Labute approximate surface area is 116 Å². The Balaban J connectivity index is 3.69. The van der Waals surface area contributed by atoms with Gasteiger partial charge in [0.15, 0.2) is 0 Å². The van der Waals surface area contributed by atoms with Crippen LogP contribution in [0.15, 0.2) is 12.2 Å². The highest BCUT2D eigenvalue weighted by Crippen LogP contribution is 2.11. The van der Waals surface area contributed by atoms with Gasteiger partial charge < -0.3 is 14.9 Å². The van der Waals surface area contributed by atoms with E-state index in [1.807, 2.05) is 0 Å². The van der Waals surface area contributed by atoms with Gasteiger partial charge in [0.2, 0.25) is 0 Å². The summed E-state index contributed by atoms with van der Waals surface area (Å²) in [5.41, 5.74) is 0.138. The van der Waals surface area contributed by atoms with Crippen LogP contribution >= 0.6 is 0 Å². The predicted octanol–water partition coefficient (Wildman–Crippen LogP) is 2.58. The van der Waals surface area contributed by atoms with E-state index in [-0.39, 0.29) is 12.2 Å². The Morgan fingerprint density at radius 2 is 1.84 bits per heavy atom. The van der Waals surface area contributed by atoms with E-state index in [0.29, 0.717) is 13.0 Å². The van der Waals surface area contributed by atoms with Crippen molar-refractivity contribution in [3.8, 4) is 0 Å². The lowest BCUT2D eigenvalue weighted by molar-refractivity contribution is -0.140. The topological polar surface area (TPSA) is 66.8 Å². The standard InChI is InChI=1S/C15H28O4/c1-3-4-5-9-12-19-15(18)13(2)14(17)10-7-6-8-11-16/h14,16-17H,2-12H2,1H3. The molecule has 0 aromatic heterocycles. The highest BCUT2D eigenvalue weighted by molar-refractivity contribution is 5.88. The molecule has 4 heteroatoms. The van der Waals surface area contributed by atoms with Crippen molar-refractivity contribution in [3.63, 3.8) is 0 Å². The molecule has 0 aromatic rings. The zero-order chi connectivity index (χ0) is 14.5. The van der Waals surface area contributed by atoms with Crippen molar-refractivity contribution < 1.29 is 19.7 Å². The minimum absolute atomic E-state index is 0.138. The summed E-state index contributed by atoms with van der Waals surface area (Å²) in [6, 6.07) is 0. The minimum atomic E-state index is -0.832. The molecule has 0 aromatic carbocycles. The summed E-state index contributed by atoms with van der Waals surface area (Å²) in [5, 5.41) is 18.4. The van der Waals surface area contributed by atoms with Crippen molar-refractivity contribution in [1.82, 2.24) is 0 Å². The summed E-state index contributed by atoms with van der Waals surface area (Å²) in [7, 11) is 0. The van der Waals surface area contributed by atoms with Gasteiger partial charge in [-0.05, 0) is 19.3 Å². The van der Waals surface area contributed by atoms with Gasteiger partial charge in [0.25, 0.3) is 0 Å². The van der Waals surface area contributed by atoms with Crippen LogP contribution in [0, 0.1) is 0 Å². The number of unbranched alkanes of at least 4 members (excludes halogenated alkanes) is 5.